The Morgan fingerprint density at radius 3 is 1.76 bits per heavy atom. The van der Waals surface area contributed by atoms with Gasteiger partial charge in [-0.05, 0) is 40.1 Å². The third-order valence-electron chi connectivity index (χ3n) is 9.16. The number of rotatable bonds is 5. The van der Waals surface area contributed by atoms with Crippen molar-refractivity contribution in [1.82, 2.24) is 19.9 Å². The summed E-state index contributed by atoms with van der Waals surface area (Å²) >= 11 is 3.51. The Hall–Kier alpha value is -6.08. The predicted octanol–water partition coefficient (Wildman–Crippen LogP) is 12.3. The molecule has 3 heterocycles. The minimum atomic E-state index is 0.623. The summed E-state index contributed by atoms with van der Waals surface area (Å²) in [4.78, 5) is 20.9. The minimum Gasteiger partial charge on any atom is -0.235 e. The van der Waals surface area contributed by atoms with E-state index < -0.39 is 0 Å². The van der Waals surface area contributed by atoms with E-state index in [4.69, 9.17) is 19.9 Å². The Labute approximate surface area is 296 Å². The van der Waals surface area contributed by atoms with Crippen LogP contribution in [0.4, 0.5) is 0 Å². The van der Waals surface area contributed by atoms with Gasteiger partial charge in [0.05, 0.1) is 15.8 Å². The highest BCUT2D eigenvalue weighted by Crippen LogP contribution is 2.46. The van der Waals surface area contributed by atoms with Gasteiger partial charge in [-0.15, -0.1) is 22.7 Å². The maximum Gasteiger partial charge on any atom is 0.167 e. The summed E-state index contributed by atoms with van der Waals surface area (Å²) in [5.74, 6) is 1.89. The number of benzene rings is 7. The van der Waals surface area contributed by atoms with Crippen LogP contribution in [0, 0.1) is 0 Å². The van der Waals surface area contributed by atoms with Crippen LogP contribution in [0.25, 0.3) is 97.0 Å². The average Bonchev–Trinajstić information content (AvgIpc) is 3.78. The fourth-order valence-corrected chi connectivity index (χ4v) is 8.96. The molecule has 4 nitrogen and oxygen atoms in total. The maximum absolute atomic E-state index is 5.37. The van der Waals surface area contributed by atoms with Crippen molar-refractivity contribution in [2.45, 2.75) is 0 Å². The van der Waals surface area contributed by atoms with Gasteiger partial charge in [0.25, 0.3) is 0 Å². The van der Waals surface area contributed by atoms with Crippen LogP contribution >= 0.6 is 22.7 Å². The Morgan fingerprint density at radius 2 is 0.960 bits per heavy atom. The van der Waals surface area contributed by atoms with Crippen LogP contribution in [0.2, 0.25) is 0 Å². The molecular weight excluding hydrogens is 649 g/mol. The highest BCUT2D eigenvalue weighted by Gasteiger charge is 2.23. The maximum atomic E-state index is 5.37. The molecule has 0 aliphatic heterocycles. The molecule has 50 heavy (non-hydrogen) atoms. The van der Waals surface area contributed by atoms with E-state index in [2.05, 4.69) is 133 Å². The van der Waals surface area contributed by atoms with Crippen molar-refractivity contribution in [2.75, 3.05) is 0 Å². The van der Waals surface area contributed by atoms with Gasteiger partial charge in [-0.2, -0.15) is 0 Å². The van der Waals surface area contributed by atoms with Gasteiger partial charge in [0.1, 0.15) is 5.01 Å². The largest absolute Gasteiger partial charge is 0.235 e. The number of hydrogen-bond donors (Lipinski definition) is 0. The molecule has 0 radical (unpaired) electrons. The standard InChI is InChI=1S/C44H26N4S2/c1-3-11-27(12-4-1)29-19-22-31(23-20-29)44-45-40-37(50-44)26-36-38(34-17-9-10-18-35(34)49-36)39(40)43-47-41(30-14-5-2-6-15-30)46-42(48-43)33-24-21-28-13-7-8-16-32(28)25-33/h1-26H. The summed E-state index contributed by atoms with van der Waals surface area (Å²) in [6.45, 7) is 0. The summed E-state index contributed by atoms with van der Waals surface area (Å²) in [7, 11) is 0. The Balaban J connectivity index is 1.23. The van der Waals surface area contributed by atoms with Crippen molar-refractivity contribution < 1.29 is 0 Å². The second-order valence-corrected chi connectivity index (χ2v) is 14.4. The molecule has 0 saturated carbocycles. The molecule has 10 aromatic rings. The number of hydrogen-bond acceptors (Lipinski definition) is 6. The topological polar surface area (TPSA) is 51.6 Å². The normalized spacial score (nSPS) is 11.6. The van der Waals surface area contributed by atoms with Gasteiger partial charge in [0, 0.05) is 36.9 Å². The lowest BCUT2D eigenvalue weighted by Gasteiger charge is -2.11. The molecule has 0 aliphatic rings. The van der Waals surface area contributed by atoms with Gasteiger partial charge in [-0.25, -0.2) is 19.9 Å². The highest BCUT2D eigenvalue weighted by molar-refractivity contribution is 7.27. The molecule has 0 amide bonds. The SMILES string of the molecule is c1ccc(-c2ccc(-c3nc4c(-c5nc(-c6ccccc6)nc(-c6ccc7ccccc7c6)n5)c5c(cc4s3)sc3ccccc35)cc2)cc1. The minimum absolute atomic E-state index is 0.623. The molecule has 234 valence electrons. The number of thiophene rings is 1. The molecule has 0 unspecified atom stereocenters. The van der Waals surface area contributed by atoms with Gasteiger partial charge in [0.15, 0.2) is 17.5 Å². The molecule has 0 fully saturated rings. The molecule has 0 aliphatic carbocycles. The number of aromatic nitrogens is 4. The first-order valence-corrected chi connectivity index (χ1v) is 18.1. The molecule has 7 aromatic carbocycles. The summed E-state index contributed by atoms with van der Waals surface area (Å²) in [6, 6.07) is 55.0. The van der Waals surface area contributed by atoms with Crippen LogP contribution in [0.1, 0.15) is 0 Å². The van der Waals surface area contributed by atoms with Gasteiger partial charge in [-0.3, -0.25) is 0 Å². The molecule has 0 atom stereocenters. The zero-order valence-electron chi connectivity index (χ0n) is 26.6. The third-order valence-corrected chi connectivity index (χ3v) is 11.3. The van der Waals surface area contributed by atoms with E-state index in [9.17, 15) is 0 Å². The van der Waals surface area contributed by atoms with Gasteiger partial charge in [-0.1, -0.05) is 140 Å². The molecule has 0 saturated heterocycles. The second kappa shape index (κ2) is 11.8. The summed E-state index contributed by atoms with van der Waals surface area (Å²) in [5, 5.41) is 5.60. The Morgan fingerprint density at radius 1 is 0.360 bits per heavy atom. The zero-order valence-corrected chi connectivity index (χ0v) is 28.2. The van der Waals surface area contributed by atoms with Gasteiger partial charge < -0.3 is 0 Å². The summed E-state index contributed by atoms with van der Waals surface area (Å²) in [6.07, 6.45) is 0. The fourth-order valence-electron chi connectivity index (χ4n) is 6.71. The van der Waals surface area contributed by atoms with E-state index in [1.165, 1.54) is 31.3 Å². The first-order valence-electron chi connectivity index (χ1n) is 16.5. The Kier molecular flexibility index (Phi) is 6.82. The molecular formula is C44H26N4S2. The zero-order chi connectivity index (χ0) is 33.0. The van der Waals surface area contributed by atoms with Crippen LogP contribution in [-0.4, -0.2) is 19.9 Å². The van der Waals surface area contributed by atoms with Crippen molar-refractivity contribution in [1.29, 1.82) is 0 Å². The van der Waals surface area contributed by atoms with Crippen molar-refractivity contribution in [3.05, 3.63) is 158 Å². The van der Waals surface area contributed by atoms with Crippen molar-refractivity contribution >= 4 is 63.8 Å². The van der Waals surface area contributed by atoms with Crippen LogP contribution in [0.5, 0.6) is 0 Å². The number of thiazole rings is 1. The summed E-state index contributed by atoms with van der Waals surface area (Å²) < 4.78 is 3.53. The van der Waals surface area contributed by atoms with E-state index in [1.54, 1.807) is 22.7 Å². The van der Waals surface area contributed by atoms with Crippen molar-refractivity contribution in [3.8, 4) is 55.9 Å². The second-order valence-electron chi connectivity index (χ2n) is 12.3. The molecule has 0 bridgehead atoms. The van der Waals surface area contributed by atoms with Crippen molar-refractivity contribution in [2.24, 2.45) is 0 Å². The van der Waals surface area contributed by atoms with Gasteiger partial charge >= 0.3 is 0 Å². The molecule has 0 spiro atoms. The highest BCUT2D eigenvalue weighted by atomic mass is 32.1. The number of fused-ring (bicyclic) bond motifs is 5. The third kappa shape index (κ3) is 4.96. The fraction of sp³-hybridized carbons (Fsp3) is 0. The lowest BCUT2D eigenvalue weighted by molar-refractivity contribution is 1.08. The van der Waals surface area contributed by atoms with Crippen LogP contribution < -0.4 is 0 Å². The molecule has 3 aromatic heterocycles. The summed E-state index contributed by atoms with van der Waals surface area (Å²) in [5.41, 5.74) is 7.20. The monoisotopic (exact) mass is 674 g/mol. The lowest BCUT2D eigenvalue weighted by atomic mass is 10.0. The first-order chi connectivity index (χ1) is 24.7. The van der Waals surface area contributed by atoms with Crippen LogP contribution in [0.15, 0.2) is 158 Å². The smallest absolute Gasteiger partial charge is 0.167 e. The van der Waals surface area contributed by atoms with E-state index >= 15 is 0 Å². The molecule has 10 rings (SSSR count). The predicted molar refractivity (Wildman–Crippen MR) is 211 cm³/mol. The van der Waals surface area contributed by atoms with E-state index in [0.29, 0.717) is 17.5 Å². The molecule has 6 heteroatoms. The lowest BCUT2D eigenvalue weighted by Crippen LogP contribution is -2.01. The van der Waals surface area contributed by atoms with E-state index in [0.717, 1.165) is 48.3 Å². The number of nitrogens with zero attached hydrogens (tertiary/aromatic N) is 4. The Bertz CT molecular complexity index is 2860. The van der Waals surface area contributed by atoms with E-state index in [-0.39, 0.29) is 0 Å². The average molecular weight is 675 g/mol. The first kappa shape index (κ1) is 28.9. The molecule has 0 N–H and O–H groups in total. The van der Waals surface area contributed by atoms with Gasteiger partial charge in [0.2, 0.25) is 0 Å². The van der Waals surface area contributed by atoms with Crippen LogP contribution in [-0.2, 0) is 0 Å². The van der Waals surface area contributed by atoms with Crippen molar-refractivity contribution in [3.63, 3.8) is 0 Å². The quantitative estimate of drug-likeness (QED) is 0.182. The van der Waals surface area contributed by atoms with Crippen LogP contribution in [0.3, 0.4) is 0 Å². The van der Waals surface area contributed by atoms with E-state index in [1.807, 2.05) is 24.3 Å².